The van der Waals surface area contributed by atoms with Crippen LogP contribution >= 0.6 is 46.3 Å². The highest BCUT2D eigenvalue weighted by molar-refractivity contribution is 8.01. The molecule has 134 valence electrons. The van der Waals surface area contributed by atoms with Crippen LogP contribution in [0.15, 0.2) is 46.9 Å². The van der Waals surface area contributed by atoms with E-state index in [1.165, 1.54) is 35.4 Å². The summed E-state index contributed by atoms with van der Waals surface area (Å²) in [6.07, 6.45) is 1.42. The standard InChI is InChI=1S/C16H13Cl2N5OS2/c17-11-6-12(18)14(19-8-11)21-13(24)9-25-16-23-22-15(26-16)20-7-10-4-2-1-3-5-10/h1-6,8H,7,9H2,(H,20,22)(H,19,21,24). The van der Waals surface area contributed by atoms with Gasteiger partial charge in [0.25, 0.3) is 0 Å². The minimum absolute atomic E-state index is 0.175. The van der Waals surface area contributed by atoms with Crippen molar-refractivity contribution in [2.75, 3.05) is 16.4 Å². The third kappa shape index (κ3) is 5.57. The van der Waals surface area contributed by atoms with E-state index < -0.39 is 0 Å². The minimum Gasteiger partial charge on any atom is -0.356 e. The van der Waals surface area contributed by atoms with Crippen LogP contribution in [0.1, 0.15) is 5.56 Å². The number of thioether (sulfide) groups is 1. The SMILES string of the molecule is O=C(CSc1nnc(NCc2ccccc2)s1)Nc1ncc(Cl)cc1Cl. The predicted octanol–water partition coefficient (Wildman–Crippen LogP) is 4.58. The summed E-state index contributed by atoms with van der Waals surface area (Å²) in [6, 6.07) is 11.5. The molecule has 10 heteroatoms. The maximum Gasteiger partial charge on any atom is 0.236 e. The van der Waals surface area contributed by atoms with E-state index >= 15 is 0 Å². The summed E-state index contributed by atoms with van der Waals surface area (Å²) in [5.41, 5.74) is 1.16. The van der Waals surface area contributed by atoms with Crippen molar-refractivity contribution in [1.82, 2.24) is 15.2 Å². The van der Waals surface area contributed by atoms with E-state index in [1.807, 2.05) is 30.3 Å². The highest BCUT2D eigenvalue weighted by Crippen LogP contribution is 2.27. The van der Waals surface area contributed by atoms with E-state index in [-0.39, 0.29) is 17.5 Å². The number of halogens is 2. The third-order valence-electron chi connectivity index (χ3n) is 3.09. The molecule has 0 unspecified atom stereocenters. The van der Waals surface area contributed by atoms with Crippen LogP contribution in [-0.4, -0.2) is 26.8 Å². The number of hydrogen-bond donors (Lipinski definition) is 2. The topological polar surface area (TPSA) is 79.8 Å². The van der Waals surface area contributed by atoms with Gasteiger partial charge in [-0.1, -0.05) is 76.6 Å². The monoisotopic (exact) mass is 425 g/mol. The van der Waals surface area contributed by atoms with Crippen LogP contribution in [0, 0.1) is 0 Å². The molecule has 0 atom stereocenters. The van der Waals surface area contributed by atoms with Crippen molar-refractivity contribution < 1.29 is 4.79 Å². The summed E-state index contributed by atoms with van der Waals surface area (Å²) in [6.45, 7) is 0.668. The molecule has 0 spiro atoms. The fourth-order valence-corrected chi connectivity index (χ4v) is 3.89. The van der Waals surface area contributed by atoms with Gasteiger partial charge < -0.3 is 10.6 Å². The minimum atomic E-state index is -0.235. The van der Waals surface area contributed by atoms with Crippen LogP contribution in [0.2, 0.25) is 10.0 Å². The lowest BCUT2D eigenvalue weighted by Crippen LogP contribution is -2.15. The van der Waals surface area contributed by atoms with Gasteiger partial charge >= 0.3 is 0 Å². The zero-order chi connectivity index (χ0) is 18.4. The summed E-state index contributed by atoms with van der Waals surface area (Å²) in [5.74, 6) is 0.221. The van der Waals surface area contributed by atoms with Crippen molar-refractivity contribution in [3.8, 4) is 0 Å². The smallest absolute Gasteiger partial charge is 0.236 e. The predicted molar refractivity (Wildman–Crippen MR) is 107 cm³/mol. The number of rotatable bonds is 7. The Morgan fingerprint density at radius 2 is 2.00 bits per heavy atom. The number of aromatic nitrogens is 3. The van der Waals surface area contributed by atoms with Gasteiger partial charge in [-0.2, -0.15) is 0 Å². The van der Waals surface area contributed by atoms with E-state index in [4.69, 9.17) is 23.2 Å². The molecule has 3 aromatic rings. The second kappa shape index (κ2) is 9.18. The number of hydrogen-bond acceptors (Lipinski definition) is 7. The molecule has 3 rings (SSSR count). The molecule has 2 N–H and O–H groups in total. The number of carbonyl (C=O) groups is 1. The van der Waals surface area contributed by atoms with Gasteiger partial charge in [-0.3, -0.25) is 4.79 Å². The maximum atomic E-state index is 12.0. The largest absolute Gasteiger partial charge is 0.356 e. The highest BCUT2D eigenvalue weighted by atomic mass is 35.5. The number of benzene rings is 1. The summed E-state index contributed by atoms with van der Waals surface area (Å²) in [5, 5.41) is 15.4. The first-order valence-electron chi connectivity index (χ1n) is 7.45. The average Bonchev–Trinajstić information content (AvgIpc) is 3.09. The molecule has 2 heterocycles. The Labute approximate surface area is 168 Å². The van der Waals surface area contributed by atoms with Gasteiger partial charge in [0.2, 0.25) is 11.0 Å². The molecule has 0 aliphatic heterocycles. The fourth-order valence-electron chi connectivity index (χ4n) is 1.92. The summed E-state index contributed by atoms with van der Waals surface area (Å²) < 4.78 is 0.700. The molecule has 0 radical (unpaired) electrons. The lowest BCUT2D eigenvalue weighted by molar-refractivity contribution is -0.113. The van der Waals surface area contributed by atoms with Crippen molar-refractivity contribution in [3.63, 3.8) is 0 Å². The lowest BCUT2D eigenvalue weighted by atomic mass is 10.2. The van der Waals surface area contributed by atoms with Gasteiger partial charge in [0.05, 0.1) is 15.8 Å². The van der Waals surface area contributed by atoms with Crippen LogP contribution in [0.3, 0.4) is 0 Å². The van der Waals surface area contributed by atoms with E-state index in [2.05, 4.69) is 25.8 Å². The van der Waals surface area contributed by atoms with E-state index in [9.17, 15) is 4.79 Å². The number of pyridine rings is 1. The Kier molecular flexibility index (Phi) is 6.67. The van der Waals surface area contributed by atoms with Gasteiger partial charge in [0.1, 0.15) is 0 Å². The molecule has 2 aromatic heterocycles. The first kappa shape index (κ1) is 18.9. The number of carbonyl (C=O) groups excluding carboxylic acids is 1. The zero-order valence-electron chi connectivity index (χ0n) is 13.3. The van der Waals surface area contributed by atoms with Gasteiger partial charge in [0, 0.05) is 12.7 Å². The second-order valence-electron chi connectivity index (χ2n) is 5.03. The van der Waals surface area contributed by atoms with Crippen molar-refractivity contribution in [2.45, 2.75) is 10.9 Å². The second-order valence-corrected chi connectivity index (χ2v) is 8.08. The van der Waals surface area contributed by atoms with Gasteiger partial charge in [-0.15, -0.1) is 10.2 Å². The Hall–Kier alpha value is -1.87. The Morgan fingerprint density at radius 1 is 1.19 bits per heavy atom. The van der Waals surface area contributed by atoms with Crippen LogP contribution in [0.4, 0.5) is 10.9 Å². The average molecular weight is 426 g/mol. The fraction of sp³-hybridized carbons (Fsp3) is 0.125. The third-order valence-corrected chi connectivity index (χ3v) is 5.59. The first-order chi connectivity index (χ1) is 12.6. The molecular weight excluding hydrogens is 413 g/mol. The summed E-state index contributed by atoms with van der Waals surface area (Å²) in [7, 11) is 0. The van der Waals surface area contributed by atoms with E-state index in [0.29, 0.717) is 26.1 Å². The highest BCUT2D eigenvalue weighted by Gasteiger charge is 2.11. The molecule has 0 bridgehead atoms. The zero-order valence-corrected chi connectivity index (χ0v) is 16.4. The first-order valence-corrected chi connectivity index (χ1v) is 10.0. The van der Waals surface area contributed by atoms with E-state index in [0.717, 1.165) is 5.56 Å². The van der Waals surface area contributed by atoms with E-state index in [1.54, 1.807) is 0 Å². The van der Waals surface area contributed by atoms with Crippen molar-refractivity contribution in [1.29, 1.82) is 0 Å². The molecule has 26 heavy (non-hydrogen) atoms. The van der Waals surface area contributed by atoms with Crippen molar-refractivity contribution >= 4 is 63.2 Å². The van der Waals surface area contributed by atoms with Crippen LogP contribution in [-0.2, 0) is 11.3 Å². The molecule has 1 amide bonds. The van der Waals surface area contributed by atoms with Crippen LogP contribution < -0.4 is 10.6 Å². The lowest BCUT2D eigenvalue weighted by Gasteiger charge is -2.05. The number of nitrogens with zero attached hydrogens (tertiary/aromatic N) is 3. The summed E-state index contributed by atoms with van der Waals surface area (Å²) >= 11 is 14.5. The summed E-state index contributed by atoms with van der Waals surface area (Å²) in [4.78, 5) is 16.0. The normalized spacial score (nSPS) is 10.5. The van der Waals surface area contributed by atoms with Crippen molar-refractivity contribution in [2.24, 2.45) is 0 Å². The van der Waals surface area contributed by atoms with Crippen LogP contribution in [0.5, 0.6) is 0 Å². The molecular formula is C16H13Cl2N5OS2. The Morgan fingerprint density at radius 3 is 2.77 bits per heavy atom. The van der Waals surface area contributed by atoms with Gasteiger partial charge in [-0.05, 0) is 11.6 Å². The quantitative estimate of drug-likeness (QED) is 0.539. The molecule has 1 aromatic carbocycles. The Bertz CT molecular complexity index is 891. The van der Waals surface area contributed by atoms with Gasteiger partial charge in [-0.25, -0.2) is 4.98 Å². The molecule has 0 saturated heterocycles. The molecule has 0 fully saturated rings. The maximum absolute atomic E-state index is 12.0. The Balaban J connectivity index is 1.47. The molecule has 0 aliphatic rings. The number of amides is 1. The number of anilines is 2. The molecule has 0 aliphatic carbocycles. The van der Waals surface area contributed by atoms with Crippen LogP contribution in [0.25, 0.3) is 0 Å². The molecule has 6 nitrogen and oxygen atoms in total. The van der Waals surface area contributed by atoms with Crippen molar-refractivity contribution in [3.05, 3.63) is 58.2 Å². The number of nitrogens with one attached hydrogen (secondary N) is 2. The molecule has 0 saturated carbocycles. The van der Waals surface area contributed by atoms with Gasteiger partial charge in [0.15, 0.2) is 10.2 Å².